The Morgan fingerprint density at radius 3 is 1.70 bits per heavy atom. The van der Waals surface area contributed by atoms with Crippen molar-refractivity contribution in [1.82, 2.24) is 24.9 Å². The van der Waals surface area contributed by atoms with Gasteiger partial charge in [-0.05, 0) is 53.6 Å². The first kappa shape index (κ1) is 26.8. The molecule has 9 rings (SSSR count). The van der Waals surface area contributed by atoms with Gasteiger partial charge >= 0.3 is 0 Å². The van der Waals surface area contributed by atoms with Gasteiger partial charge in [0.25, 0.3) is 0 Å². The molecule has 0 atom stereocenters. The molecule has 47 heavy (non-hydrogen) atoms. The van der Waals surface area contributed by atoms with Crippen LogP contribution in [0.15, 0.2) is 156 Å². The summed E-state index contributed by atoms with van der Waals surface area (Å²) in [5.74, 6) is 1.88. The molecule has 0 aliphatic carbocycles. The van der Waals surface area contributed by atoms with Crippen LogP contribution in [0.25, 0.3) is 89.7 Å². The number of pyridine rings is 2. The van der Waals surface area contributed by atoms with E-state index in [1.807, 2.05) is 103 Å². The predicted octanol–water partition coefficient (Wildman–Crippen LogP) is 10.0. The largest absolute Gasteiger partial charge is 0.438 e. The molecule has 9 aromatic rings. The van der Waals surface area contributed by atoms with E-state index >= 15 is 0 Å². The van der Waals surface area contributed by atoms with Crippen molar-refractivity contribution in [2.45, 2.75) is 0 Å². The Hall–Kier alpha value is -6.53. The number of rotatable bonds is 5. The normalized spacial score (nSPS) is 11.4. The first-order valence-electron chi connectivity index (χ1n) is 15.4. The third-order valence-electron chi connectivity index (χ3n) is 8.35. The lowest BCUT2D eigenvalue weighted by Gasteiger charge is -2.09. The van der Waals surface area contributed by atoms with Gasteiger partial charge in [-0.2, -0.15) is 0 Å². The molecule has 6 nitrogen and oxygen atoms in total. The van der Waals surface area contributed by atoms with Crippen LogP contribution >= 0.6 is 0 Å². The number of hydrogen-bond acceptors (Lipinski definition) is 6. The molecule has 0 fully saturated rings. The number of fused-ring (bicyclic) bond motifs is 4. The predicted molar refractivity (Wildman–Crippen MR) is 187 cm³/mol. The molecule has 0 bridgehead atoms. The Kier molecular flexibility index (Phi) is 6.35. The molecule has 5 aromatic carbocycles. The minimum absolute atomic E-state index is 0.588. The van der Waals surface area contributed by atoms with Gasteiger partial charge in [0.2, 0.25) is 5.71 Å². The fourth-order valence-electron chi connectivity index (χ4n) is 5.96. The molecule has 0 unspecified atom stereocenters. The smallest absolute Gasteiger partial charge is 0.227 e. The highest BCUT2D eigenvalue weighted by molar-refractivity contribution is 6.05. The molecule has 0 N–H and O–H groups in total. The van der Waals surface area contributed by atoms with Gasteiger partial charge in [0.05, 0.1) is 16.9 Å². The van der Waals surface area contributed by atoms with E-state index in [-0.39, 0.29) is 0 Å². The lowest BCUT2D eigenvalue weighted by atomic mass is 10.0. The fourth-order valence-corrected chi connectivity index (χ4v) is 5.96. The zero-order chi connectivity index (χ0) is 31.2. The van der Waals surface area contributed by atoms with Gasteiger partial charge in [-0.1, -0.05) is 109 Å². The number of benzene rings is 5. The highest BCUT2D eigenvalue weighted by Gasteiger charge is 2.15. The van der Waals surface area contributed by atoms with Crippen LogP contribution in [0.3, 0.4) is 0 Å². The molecule has 4 heterocycles. The second kappa shape index (κ2) is 11.1. The Balaban J connectivity index is 1.10. The molecule has 220 valence electrons. The van der Waals surface area contributed by atoms with Gasteiger partial charge in [-0.15, -0.1) is 0 Å². The number of hydrogen-bond donors (Lipinski definition) is 0. The molecule has 0 saturated carbocycles. The average molecular weight is 604 g/mol. The van der Waals surface area contributed by atoms with E-state index in [4.69, 9.17) is 29.3 Å². The number of aromatic nitrogens is 5. The summed E-state index contributed by atoms with van der Waals surface area (Å²) in [5, 5.41) is 3.08. The van der Waals surface area contributed by atoms with E-state index in [1.165, 1.54) is 0 Å². The van der Waals surface area contributed by atoms with Crippen molar-refractivity contribution < 1.29 is 4.42 Å². The van der Waals surface area contributed by atoms with Gasteiger partial charge < -0.3 is 4.42 Å². The second-order valence-electron chi connectivity index (χ2n) is 11.4. The Morgan fingerprint density at radius 1 is 0.362 bits per heavy atom. The summed E-state index contributed by atoms with van der Waals surface area (Å²) < 4.78 is 6.34. The maximum Gasteiger partial charge on any atom is 0.227 e. The van der Waals surface area contributed by atoms with Crippen LogP contribution in [0.1, 0.15) is 0 Å². The molecular formula is C41H25N5O. The van der Waals surface area contributed by atoms with E-state index in [9.17, 15) is 0 Å². The molecule has 0 radical (unpaired) electrons. The molecule has 0 saturated heterocycles. The lowest BCUT2D eigenvalue weighted by Crippen LogP contribution is -2.00. The molecule has 0 aliphatic rings. The van der Waals surface area contributed by atoms with Crippen LogP contribution in [0.5, 0.6) is 0 Å². The minimum Gasteiger partial charge on any atom is -0.438 e. The van der Waals surface area contributed by atoms with Crippen LogP contribution in [0, 0.1) is 0 Å². The highest BCUT2D eigenvalue weighted by Crippen LogP contribution is 2.34. The first-order chi connectivity index (χ1) is 23.2. The summed E-state index contributed by atoms with van der Waals surface area (Å²) >= 11 is 0. The van der Waals surface area contributed by atoms with Crippen molar-refractivity contribution in [2.24, 2.45) is 0 Å². The van der Waals surface area contributed by atoms with Gasteiger partial charge in [0.1, 0.15) is 5.58 Å². The molecule has 6 heteroatoms. The quantitative estimate of drug-likeness (QED) is 0.195. The minimum atomic E-state index is 0.588. The molecule has 0 amide bonds. The third kappa shape index (κ3) is 4.98. The summed E-state index contributed by atoms with van der Waals surface area (Å²) in [6.45, 7) is 0. The van der Waals surface area contributed by atoms with Crippen LogP contribution < -0.4 is 0 Å². The van der Waals surface area contributed by atoms with E-state index in [0.717, 1.165) is 66.5 Å². The number of para-hydroxylation sites is 1. The van der Waals surface area contributed by atoms with Gasteiger partial charge in [-0.3, -0.25) is 0 Å². The summed E-state index contributed by atoms with van der Waals surface area (Å²) in [6.07, 6.45) is 0. The maximum absolute atomic E-state index is 6.34. The van der Waals surface area contributed by atoms with Crippen LogP contribution in [-0.4, -0.2) is 24.9 Å². The van der Waals surface area contributed by atoms with Gasteiger partial charge in [0, 0.05) is 32.8 Å². The van der Waals surface area contributed by atoms with E-state index < -0.39 is 0 Å². The van der Waals surface area contributed by atoms with Crippen molar-refractivity contribution in [3.05, 3.63) is 152 Å². The first-order valence-corrected chi connectivity index (χ1v) is 15.4. The summed E-state index contributed by atoms with van der Waals surface area (Å²) in [6, 6.07) is 50.8. The summed E-state index contributed by atoms with van der Waals surface area (Å²) in [7, 11) is 0. The standard InChI is InChI=1S/C41H25N5O/c1-3-11-27(12-4-1)38-44-39(28-13-5-2-6-14-28)46-40(45-38)31-16-9-15-29(24-31)30-18-20-32-33-21-23-36(43-41(33)47-37(32)25-30)35-22-19-26-10-7-8-17-34(26)42-35/h1-25H. The lowest BCUT2D eigenvalue weighted by molar-refractivity contribution is 0.654. The van der Waals surface area contributed by atoms with E-state index in [2.05, 4.69) is 48.5 Å². The van der Waals surface area contributed by atoms with Gasteiger partial charge in [0.15, 0.2) is 17.5 Å². The Bertz CT molecular complexity index is 2520. The summed E-state index contributed by atoms with van der Waals surface area (Å²) in [4.78, 5) is 24.3. The highest BCUT2D eigenvalue weighted by atomic mass is 16.3. The fraction of sp³-hybridized carbons (Fsp3) is 0. The van der Waals surface area contributed by atoms with Crippen LogP contribution in [-0.2, 0) is 0 Å². The van der Waals surface area contributed by atoms with Crippen molar-refractivity contribution >= 4 is 33.0 Å². The topological polar surface area (TPSA) is 77.6 Å². The van der Waals surface area contributed by atoms with E-state index in [0.29, 0.717) is 23.2 Å². The molecular weight excluding hydrogens is 578 g/mol. The molecule has 4 aromatic heterocycles. The zero-order valence-electron chi connectivity index (χ0n) is 25.1. The van der Waals surface area contributed by atoms with Crippen molar-refractivity contribution in [3.63, 3.8) is 0 Å². The van der Waals surface area contributed by atoms with E-state index in [1.54, 1.807) is 0 Å². The van der Waals surface area contributed by atoms with Crippen molar-refractivity contribution in [1.29, 1.82) is 0 Å². The van der Waals surface area contributed by atoms with Crippen molar-refractivity contribution in [3.8, 4) is 56.7 Å². The number of nitrogens with zero attached hydrogens (tertiary/aromatic N) is 5. The number of furan rings is 1. The summed E-state index contributed by atoms with van der Waals surface area (Å²) in [5.41, 5.74) is 8.72. The zero-order valence-corrected chi connectivity index (χ0v) is 25.1. The van der Waals surface area contributed by atoms with Crippen molar-refractivity contribution in [2.75, 3.05) is 0 Å². The second-order valence-corrected chi connectivity index (χ2v) is 11.4. The Morgan fingerprint density at radius 2 is 0.936 bits per heavy atom. The van der Waals surface area contributed by atoms with Crippen LogP contribution in [0.4, 0.5) is 0 Å². The maximum atomic E-state index is 6.34. The average Bonchev–Trinajstić information content (AvgIpc) is 3.52. The van der Waals surface area contributed by atoms with Crippen LogP contribution in [0.2, 0.25) is 0 Å². The Labute approximate surface area is 270 Å². The third-order valence-corrected chi connectivity index (χ3v) is 8.35. The monoisotopic (exact) mass is 603 g/mol. The molecule has 0 spiro atoms. The SMILES string of the molecule is c1ccc(-c2nc(-c3ccccc3)nc(-c3cccc(-c4ccc5c(c4)oc4nc(-c6ccc7ccccc7n6)ccc45)c3)n2)cc1. The van der Waals surface area contributed by atoms with Gasteiger partial charge in [-0.25, -0.2) is 24.9 Å². The molecule has 0 aliphatic heterocycles.